The molecule has 0 aliphatic carbocycles. The minimum atomic E-state index is -0.244. The fourth-order valence-electron chi connectivity index (χ4n) is 5.56. The second kappa shape index (κ2) is 12.7. The van der Waals surface area contributed by atoms with Crippen molar-refractivity contribution in [1.29, 1.82) is 0 Å². The van der Waals surface area contributed by atoms with Crippen LogP contribution in [0, 0.1) is 0 Å². The SMILES string of the molecule is O=C(Nc1cccc(-c2nc3ccccc3[nH]2)c1)c1ccc(Oc2ccc(C(=O)Nc3cccc(-c4nc5ccccc5[nH]4)c3)cc2)cc1. The van der Waals surface area contributed by atoms with E-state index in [2.05, 4.69) is 30.6 Å². The van der Waals surface area contributed by atoms with E-state index in [4.69, 9.17) is 4.74 Å². The summed E-state index contributed by atoms with van der Waals surface area (Å²) < 4.78 is 5.98. The summed E-state index contributed by atoms with van der Waals surface area (Å²) in [6.07, 6.45) is 0. The lowest BCUT2D eigenvalue weighted by Crippen LogP contribution is -2.12. The molecule has 0 aliphatic rings. The summed E-state index contributed by atoms with van der Waals surface area (Å²) in [5, 5.41) is 5.92. The number of carbonyl (C=O) groups excluding carboxylic acids is 2. The van der Waals surface area contributed by atoms with E-state index in [0.717, 1.165) is 44.8 Å². The first-order valence-corrected chi connectivity index (χ1v) is 15.7. The summed E-state index contributed by atoms with van der Waals surface area (Å²) in [4.78, 5) is 42.0. The van der Waals surface area contributed by atoms with E-state index < -0.39 is 0 Å². The lowest BCUT2D eigenvalue weighted by atomic mass is 10.1. The minimum absolute atomic E-state index is 0.244. The molecular weight excluding hydrogens is 612 g/mol. The zero-order valence-electron chi connectivity index (χ0n) is 26.0. The fourth-order valence-corrected chi connectivity index (χ4v) is 5.56. The third-order valence-corrected chi connectivity index (χ3v) is 8.04. The largest absolute Gasteiger partial charge is 0.457 e. The molecular formula is C40H28N6O3. The molecule has 2 amide bonds. The molecule has 0 saturated carbocycles. The molecule has 8 rings (SSSR count). The van der Waals surface area contributed by atoms with Crippen molar-refractivity contribution in [1.82, 2.24) is 19.9 Å². The third kappa shape index (κ3) is 6.36. The molecule has 0 spiro atoms. The molecule has 6 aromatic carbocycles. The molecule has 8 aromatic rings. The number of hydrogen-bond acceptors (Lipinski definition) is 5. The van der Waals surface area contributed by atoms with Crippen LogP contribution < -0.4 is 15.4 Å². The highest BCUT2D eigenvalue weighted by Gasteiger charge is 2.12. The number of benzene rings is 6. The van der Waals surface area contributed by atoms with Gasteiger partial charge in [0.15, 0.2) is 0 Å². The Morgan fingerprint density at radius 3 is 1.35 bits per heavy atom. The fraction of sp³-hybridized carbons (Fsp3) is 0. The van der Waals surface area contributed by atoms with Crippen molar-refractivity contribution in [2.75, 3.05) is 10.6 Å². The van der Waals surface area contributed by atoms with E-state index in [1.165, 1.54) is 0 Å². The van der Waals surface area contributed by atoms with Gasteiger partial charge in [0.1, 0.15) is 23.1 Å². The molecule has 4 N–H and O–H groups in total. The number of amides is 2. The first kappa shape index (κ1) is 29.4. The van der Waals surface area contributed by atoms with E-state index >= 15 is 0 Å². The number of carbonyl (C=O) groups is 2. The maximum atomic E-state index is 13.0. The Kier molecular flexibility index (Phi) is 7.59. The lowest BCUT2D eigenvalue weighted by molar-refractivity contribution is 0.101. The monoisotopic (exact) mass is 640 g/mol. The number of aromatic amines is 2. The molecule has 2 heterocycles. The van der Waals surface area contributed by atoms with Crippen molar-refractivity contribution in [3.63, 3.8) is 0 Å². The quantitative estimate of drug-likeness (QED) is 0.132. The zero-order chi connectivity index (χ0) is 33.2. The van der Waals surface area contributed by atoms with Gasteiger partial charge in [0.2, 0.25) is 0 Å². The maximum Gasteiger partial charge on any atom is 0.255 e. The topological polar surface area (TPSA) is 125 Å². The van der Waals surface area contributed by atoms with Crippen molar-refractivity contribution < 1.29 is 14.3 Å². The second-order valence-corrected chi connectivity index (χ2v) is 11.4. The first-order valence-electron chi connectivity index (χ1n) is 15.7. The van der Waals surface area contributed by atoms with Gasteiger partial charge in [-0.2, -0.15) is 0 Å². The van der Waals surface area contributed by atoms with Crippen molar-refractivity contribution >= 4 is 45.3 Å². The summed E-state index contributed by atoms with van der Waals surface area (Å²) in [6, 6.07) is 44.5. The van der Waals surface area contributed by atoms with E-state index in [1.807, 2.05) is 97.1 Å². The number of imidazole rings is 2. The normalized spacial score (nSPS) is 11.0. The summed E-state index contributed by atoms with van der Waals surface area (Å²) in [5.41, 5.74) is 7.70. The van der Waals surface area contributed by atoms with Crippen LogP contribution >= 0.6 is 0 Å². The minimum Gasteiger partial charge on any atom is -0.457 e. The Balaban J connectivity index is 0.881. The van der Waals surface area contributed by atoms with Crippen molar-refractivity contribution in [2.24, 2.45) is 0 Å². The predicted octanol–water partition coefficient (Wildman–Crippen LogP) is 9.07. The molecule has 9 heteroatoms. The van der Waals surface area contributed by atoms with Gasteiger partial charge >= 0.3 is 0 Å². The van der Waals surface area contributed by atoms with E-state index in [-0.39, 0.29) is 11.8 Å². The first-order chi connectivity index (χ1) is 24.0. The number of para-hydroxylation sites is 4. The number of aromatic nitrogens is 4. The zero-order valence-corrected chi connectivity index (χ0v) is 26.0. The van der Waals surface area contributed by atoms with Crippen LogP contribution in [0.4, 0.5) is 11.4 Å². The van der Waals surface area contributed by atoms with Gasteiger partial charge < -0.3 is 25.3 Å². The number of ether oxygens (including phenoxy) is 1. The van der Waals surface area contributed by atoms with Gasteiger partial charge in [-0.15, -0.1) is 0 Å². The number of rotatable bonds is 8. The standard InChI is InChI=1S/C40H28N6O3/c47-39(41-29-9-5-7-27(23-29)37-43-33-11-1-2-12-34(33)44-37)25-15-19-31(20-16-25)49-32-21-17-26(18-22-32)40(48)42-30-10-6-8-28(24-30)38-45-35-13-3-4-14-36(35)46-38/h1-24H,(H,41,47)(H,42,48)(H,43,44)(H,45,46). The number of fused-ring (bicyclic) bond motifs is 2. The van der Waals surface area contributed by atoms with Crippen LogP contribution in [0.1, 0.15) is 20.7 Å². The average Bonchev–Trinajstić information content (AvgIpc) is 3.78. The molecule has 0 unspecified atom stereocenters. The highest BCUT2D eigenvalue weighted by molar-refractivity contribution is 6.05. The summed E-state index contributed by atoms with van der Waals surface area (Å²) in [7, 11) is 0. The average molecular weight is 641 g/mol. The van der Waals surface area contributed by atoms with Crippen LogP contribution in [0.25, 0.3) is 44.8 Å². The van der Waals surface area contributed by atoms with Crippen LogP contribution in [0.5, 0.6) is 11.5 Å². The summed E-state index contributed by atoms with van der Waals surface area (Å²) >= 11 is 0. The van der Waals surface area contributed by atoms with Crippen LogP contribution in [-0.4, -0.2) is 31.8 Å². The Labute approximate surface area is 280 Å². The van der Waals surface area contributed by atoms with Crippen molar-refractivity contribution in [3.05, 3.63) is 157 Å². The summed E-state index contributed by atoms with van der Waals surface area (Å²) in [5.74, 6) is 2.10. The van der Waals surface area contributed by atoms with Crippen molar-refractivity contribution in [2.45, 2.75) is 0 Å². The van der Waals surface area contributed by atoms with E-state index in [9.17, 15) is 9.59 Å². The van der Waals surface area contributed by atoms with Gasteiger partial charge in [-0.05, 0) is 97.1 Å². The smallest absolute Gasteiger partial charge is 0.255 e. The molecule has 0 saturated heterocycles. The summed E-state index contributed by atoms with van der Waals surface area (Å²) in [6.45, 7) is 0. The van der Waals surface area contributed by atoms with Gasteiger partial charge in [-0.25, -0.2) is 9.97 Å². The van der Waals surface area contributed by atoms with E-state index in [0.29, 0.717) is 34.0 Å². The van der Waals surface area contributed by atoms with Gasteiger partial charge in [-0.1, -0.05) is 48.5 Å². The second-order valence-electron chi connectivity index (χ2n) is 11.4. The van der Waals surface area contributed by atoms with E-state index in [1.54, 1.807) is 48.5 Å². The number of H-pyrrole nitrogens is 2. The molecule has 0 atom stereocenters. The maximum absolute atomic E-state index is 13.0. The Bertz CT molecular complexity index is 2220. The Morgan fingerprint density at radius 2 is 0.918 bits per heavy atom. The highest BCUT2D eigenvalue weighted by atomic mass is 16.5. The molecule has 236 valence electrons. The van der Waals surface area contributed by atoms with Crippen LogP contribution in [0.3, 0.4) is 0 Å². The molecule has 0 radical (unpaired) electrons. The van der Waals surface area contributed by atoms with Gasteiger partial charge in [0.05, 0.1) is 22.1 Å². The van der Waals surface area contributed by atoms with Crippen LogP contribution in [-0.2, 0) is 0 Å². The number of nitrogens with zero attached hydrogens (tertiary/aromatic N) is 2. The van der Waals surface area contributed by atoms with Crippen molar-refractivity contribution in [3.8, 4) is 34.3 Å². The highest BCUT2D eigenvalue weighted by Crippen LogP contribution is 2.27. The number of anilines is 2. The Hall–Kier alpha value is -7.00. The molecule has 0 bridgehead atoms. The lowest BCUT2D eigenvalue weighted by Gasteiger charge is -2.10. The third-order valence-electron chi connectivity index (χ3n) is 8.04. The van der Waals surface area contributed by atoms with Gasteiger partial charge in [-0.3, -0.25) is 9.59 Å². The Morgan fingerprint density at radius 1 is 0.490 bits per heavy atom. The molecule has 9 nitrogen and oxygen atoms in total. The number of hydrogen-bond donors (Lipinski definition) is 4. The molecule has 0 aliphatic heterocycles. The van der Waals surface area contributed by atoms with Gasteiger partial charge in [0.25, 0.3) is 11.8 Å². The van der Waals surface area contributed by atoms with Gasteiger partial charge in [0, 0.05) is 33.6 Å². The molecule has 2 aromatic heterocycles. The van der Waals surface area contributed by atoms with Crippen LogP contribution in [0.15, 0.2) is 146 Å². The molecule has 49 heavy (non-hydrogen) atoms. The number of nitrogens with one attached hydrogen (secondary N) is 4. The van der Waals surface area contributed by atoms with Crippen LogP contribution in [0.2, 0.25) is 0 Å². The predicted molar refractivity (Wildman–Crippen MR) is 192 cm³/mol. The molecule has 0 fully saturated rings.